The molecule has 0 aromatic heterocycles. The summed E-state index contributed by atoms with van der Waals surface area (Å²) in [6, 6.07) is 2.70. The van der Waals surface area contributed by atoms with Crippen molar-refractivity contribution in [1.82, 2.24) is 0 Å². The number of ether oxygens (including phenoxy) is 1. The van der Waals surface area contributed by atoms with Crippen LogP contribution in [-0.2, 0) is 11.2 Å². The van der Waals surface area contributed by atoms with Crippen LogP contribution in [0.3, 0.4) is 0 Å². The molecule has 0 saturated carbocycles. The minimum atomic E-state index is -0.752. The van der Waals surface area contributed by atoms with Crippen LogP contribution in [0.2, 0.25) is 0 Å². The van der Waals surface area contributed by atoms with Gasteiger partial charge in [-0.2, -0.15) is 0 Å². The summed E-state index contributed by atoms with van der Waals surface area (Å²) in [5.41, 5.74) is 1.81. The van der Waals surface area contributed by atoms with Crippen molar-refractivity contribution in [3.63, 3.8) is 0 Å². The summed E-state index contributed by atoms with van der Waals surface area (Å²) < 4.78 is 32.7. The first kappa shape index (κ1) is 14.0. The van der Waals surface area contributed by atoms with Crippen LogP contribution in [0.5, 0.6) is 0 Å². The fraction of sp³-hybridized carbons (Fsp3) is 0.647. The third-order valence-corrected chi connectivity index (χ3v) is 4.76. The Labute approximate surface area is 119 Å². The van der Waals surface area contributed by atoms with Gasteiger partial charge in [-0.3, -0.25) is 0 Å². The number of hydrogen-bond acceptors (Lipinski definition) is 1. The quantitative estimate of drug-likeness (QED) is 0.720. The molecule has 0 amide bonds. The molecule has 1 aromatic rings. The number of unbranched alkanes of at least 4 members (excludes halogenated alkanes) is 2. The van der Waals surface area contributed by atoms with E-state index in [9.17, 15) is 8.78 Å². The minimum Gasteiger partial charge on any atom is -0.373 e. The molecular formula is C17H22F2O. The van der Waals surface area contributed by atoms with Gasteiger partial charge in [0, 0.05) is 0 Å². The van der Waals surface area contributed by atoms with E-state index < -0.39 is 11.6 Å². The first-order valence-electron chi connectivity index (χ1n) is 7.78. The van der Waals surface area contributed by atoms with Gasteiger partial charge in [-0.25, -0.2) is 8.78 Å². The Morgan fingerprint density at radius 3 is 2.80 bits per heavy atom. The first-order valence-corrected chi connectivity index (χ1v) is 7.78. The average Bonchev–Trinajstić information content (AvgIpc) is 2.76. The van der Waals surface area contributed by atoms with Crippen LogP contribution in [0.25, 0.3) is 0 Å². The van der Waals surface area contributed by atoms with E-state index in [1.165, 1.54) is 37.8 Å². The van der Waals surface area contributed by atoms with E-state index in [4.69, 9.17) is 4.74 Å². The Morgan fingerprint density at radius 2 is 2.00 bits per heavy atom. The van der Waals surface area contributed by atoms with Crippen molar-refractivity contribution in [2.24, 2.45) is 11.8 Å². The SMILES string of the molecule is CCCCC[C@@H]1CO[C@@H]2c3cc(F)c(F)cc3C[C@@H]2C1. The molecule has 1 heterocycles. The molecule has 1 nitrogen and oxygen atoms in total. The second-order valence-electron chi connectivity index (χ2n) is 6.28. The second-order valence-corrected chi connectivity index (χ2v) is 6.28. The summed E-state index contributed by atoms with van der Waals surface area (Å²) in [6.45, 7) is 2.98. The van der Waals surface area contributed by atoms with Crippen molar-refractivity contribution < 1.29 is 13.5 Å². The molecular weight excluding hydrogens is 258 g/mol. The molecule has 1 saturated heterocycles. The molecule has 0 N–H and O–H groups in total. The zero-order chi connectivity index (χ0) is 14.1. The van der Waals surface area contributed by atoms with E-state index in [0.717, 1.165) is 30.6 Å². The van der Waals surface area contributed by atoms with E-state index in [1.54, 1.807) is 0 Å². The summed E-state index contributed by atoms with van der Waals surface area (Å²) in [4.78, 5) is 0. The molecule has 0 unspecified atom stereocenters. The Kier molecular flexibility index (Phi) is 4.06. The van der Waals surface area contributed by atoms with Gasteiger partial charge in [-0.05, 0) is 54.4 Å². The molecule has 2 aliphatic rings. The molecule has 0 radical (unpaired) electrons. The highest BCUT2D eigenvalue weighted by atomic mass is 19.2. The highest BCUT2D eigenvalue weighted by molar-refractivity contribution is 5.36. The van der Waals surface area contributed by atoms with Gasteiger partial charge in [0.15, 0.2) is 11.6 Å². The van der Waals surface area contributed by atoms with Crippen LogP contribution < -0.4 is 0 Å². The summed E-state index contributed by atoms with van der Waals surface area (Å²) >= 11 is 0. The summed E-state index contributed by atoms with van der Waals surface area (Å²) in [5, 5.41) is 0. The van der Waals surface area contributed by atoms with Gasteiger partial charge in [0.1, 0.15) is 0 Å². The largest absolute Gasteiger partial charge is 0.373 e. The third kappa shape index (κ3) is 2.60. The first-order chi connectivity index (χ1) is 9.69. The number of halogens is 2. The number of hydrogen-bond donors (Lipinski definition) is 0. The van der Waals surface area contributed by atoms with E-state index in [2.05, 4.69) is 6.92 Å². The molecule has 0 spiro atoms. The maximum absolute atomic E-state index is 13.4. The Morgan fingerprint density at radius 1 is 1.20 bits per heavy atom. The average molecular weight is 280 g/mol. The lowest BCUT2D eigenvalue weighted by molar-refractivity contribution is -0.0521. The molecule has 1 aliphatic carbocycles. The van der Waals surface area contributed by atoms with Crippen LogP contribution in [0, 0.1) is 23.5 Å². The van der Waals surface area contributed by atoms with E-state index in [1.807, 2.05) is 0 Å². The van der Waals surface area contributed by atoms with Crippen molar-refractivity contribution in [2.45, 2.75) is 51.6 Å². The van der Waals surface area contributed by atoms with Crippen LogP contribution in [0.1, 0.15) is 56.3 Å². The molecule has 1 aliphatic heterocycles. The summed E-state index contributed by atoms with van der Waals surface area (Å²) in [6.07, 6.45) is 6.95. The highest BCUT2D eigenvalue weighted by Crippen LogP contribution is 2.46. The maximum atomic E-state index is 13.4. The Bertz CT molecular complexity index is 486. The predicted molar refractivity (Wildman–Crippen MR) is 74.5 cm³/mol. The molecule has 3 heteroatoms. The van der Waals surface area contributed by atoms with Crippen LogP contribution >= 0.6 is 0 Å². The van der Waals surface area contributed by atoms with Crippen LogP contribution in [0.15, 0.2) is 12.1 Å². The predicted octanol–water partition coefficient (Wildman–Crippen LogP) is 4.80. The fourth-order valence-electron chi connectivity index (χ4n) is 3.74. The number of benzene rings is 1. The van der Waals surface area contributed by atoms with Gasteiger partial charge < -0.3 is 4.74 Å². The van der Waals surface area contributed by atoms with Crippen molar-refractivity contribution >= 4 is 0 Å². The molecule has 3 atom stereocenters. The highest BCUT2D eigenvalue weighted by Gasteiger charge is 2.39. The topological polar surface area (TPSA) is 9.23 Å². The van der Waals surface area contributed by atoms with E-state index in [0.29, 0.717) is 11.8 Å². The normalized spacial score (nSPS) is 28.2. The van der Waals surface area contributed by atoms with Crippen molar-refractivity contribution in [3.8, 4) is 0 Å². The van der Waals surface area contributed by atoms with Crippen molar-refractivity contribution in [1.29, 1.82) is 0 Å². The molecule has 3 rings (SSSR count). The molecule has 1 aromatic carbocycles. The third-order valence-electron chi connectivity index (χ3n) is 4.76. The van der Waals surface area contributed by atoms with E-state index in [-0.39, 0.29) is 6.10 Å². The lowest BCUT2D eigenvalue weighted by Crippen LogP contribution is -2.26. The zero-order valence-electron chi connectivity index (χ0n) is 12.0. The minimum absolute atomic E-state index is 0.0116. The van der Waals surface area contributed by atoms with Crippen molar-refractivity contribution in [2.75, 3.05) is 6.61 Å². The lowest BCUT2D eigenvalue weighted by Gasteiger charge is -2.32. The summed E-state index contributed by atoms with van der Waals surface area (Å²) in [5.74, 6) is -0.460. The summed E-state index contributed by atoms with van der Waals surface area (Å²) in [7, 11) is 0. The van der Waals surface area contributed by atoms with Crippen molar-refractivity contribution in [3.05, 3.63) is 34.9 Å². The lowest BCUT2D eigenvalue weighted by atomic mass is 9.85. The molecule has 1 fully saturated rings. The zero-order valence-corrected chi connectivity index (χ0v) is 12.0. The molecule has 20 heavy (non-hydrogen) atoms. The van der Waals surface area contributed by atoms with E-state index >= 15 is 0 Å². The maximum Gasteiger partial charge on any atom is 0.159 e. The fourth-order valence-corrected chi connectivity index (χ4v) is 3.74. The second kappa shape index (κ2) is 5.80. The smallest absolute Gasteiger partial charge is 0.159 e. The van der Waals surface area contributed by atoms with Gasteiger partial charge in [0.25, 0.3) is 0 Å². The van der Waals surface area contributed by atoms with Crippen LogP contribution in [0.4, 0.5) is 8.78 Å². The van der Waals surface area contributed by atoms with Gasteiger partial charge in [0.2, 0.25) is 0 Å². The van der Waals surface area contributed by atoms with Gasteiger partial charge in [0.05, 0.1) is 12.7 Å². The Hall–Kier alpha value is -0.960. The molecule has 110 valence electrons. The number of fused-ring (bicyclic) bond motifs is 3. The number of rotatable bonds is 4. The Balaban J connectivity index is 1.67. The molecule has 0 bridgehead atoms. The van der Waals surface area contributed by atoms with Crippen LogP contribution in [-0.4, -0.2) is 6.61 Å². The van der Waals surface area contributed by atoms with Gasteiger partial charge in [-0.1, -0.05) is 26.2 Å². The standard InChI is InChI=1S/C17H22F2O/c1-2-3-4-5-11-6-13-7-12-8-15(18)16(19)9-14(12)17(13)20-10-11/h8-9,11,13,17H,2-7,10H2,1H3/t11-,13-,17-/m0/s1. The van der Waals surface area contributed by atoms with Gasteiger partial charge >= 0.3 is 0 Å². The van der Waals surface area contributed by atoms with Gasteiger partial charge in [-0.15, -0.1) is 0 Å². The monoisotopic (exact) mass is 280 g/mol.